The first-order valence-electron chi connectivity index (χ1n) is 3.70. The zero-order chi connectivity index (χ0) is 7.11. The molecule has 0 radical (unpaired) electrons. The van der Waals surface area contributed by atoms with Crippen LogP contribution in [0.2, 0.25) is 0 Å². The van der Waals surface area contributed by atoms with Crippen LogP contribution in [-0.2, 0) is 0 Å². The lowest BCUT2D eigenvalue weighted by Crippen LogP contribution is -2.26. The SMILES string of the molecule is CCCC(O)CNCC. The summed E-state index contributed by atoms with van der Waals surface area (Å²) in [6, 6.07) is 0. The monoisotopic (exact) mass is 131 g/mol. The smallest absolute Gasteiger partial charge is 0.0664 e. The summed E-state index contributed by atoms with van der Waals surface area (Å²) in [6.45, 7) is 5.80. The van der Waals surface area contributed by atoms with Gasteiger partial charge in [-0.15, -0.1) is 0 Å². The van der Waals surface area contributed by atoms with E-state index in [0.717, 1.165) is 25.9 Å². The van der Waals surface area contributed by atoms with Crippen LogP contribution >= 0.6 is 0 Å². The third-order valence-electron chi connectivity index (χ3n) is 1.25. The van der Waals surface area contributed by atoms with Crippen molar-refractivity contribution in [1.82, 2.24) is 5.32 Å². The van der Waals surface area contributed by atoms with Gasteiger partial charge in [0.1, 0.15) is 0 Å². The highest BCUT2D eigenvalue weighted by Crippen LogP contribution is 1.92. The molecule has 2 N–H and O–H groups in total. The van der Waals surface area contributed by atoms with Crippen molar-refractivity contribution in [2.24, 2.45) is 0 Å². The molecular weight excluding hydrogens is 114 g/mol. The Kier molecular flexibility index (Phi) is 5.99. The fourth-order valence-corrected chi connectivity index (χ4v) is 0.746. The number of hydrogen-bond donors (Lipinski definition) is 2. The average molecular weight is 131 g/mol. The number of likely N-dealkylation sites (N-methyl/N-ethyl adjacent to an activating group) is 1. The van der Waals surface area contributed by atoms with Crippen molar-refractivity contribution in [3.8, 4) is 0 Å². The molecule has 0 aromatic carbocycles. The second-order valence-corrected chi connectivity index (χ2v) is 2.25. The van der Waals surface area contributed by atoms with Crippen molar-refractivity contribution in [1.29, 1.82) is 0 Å². The zero-order valence-electron chi connectivity index (χ0n) is 6.35. The lowest BCUT2D eigenvalue weighted by Gasteiger charge is -2.07. The van der Waals surface area contributed by atoms with Crippen LogP contribution < -0.4 is 5.32 Å². The Morgan fingerprint density at radius 2 is 2.11 bits per heavy atom. The molecule has 0 aliphatic rings. The molecule has 0 saturated carbocycles. The largest absolute Gasteiger partial charge is 0.392 e. The van der Waals surface area contributed by atoms with Crippen LogP contribution in [0.25, 0.3) is 0 Å². The van der Waals surface area contributed by atoms with Crippen LogP contribution in [0.1, 0.15) is 26.7 Å². The van der Waals surface area contributed by atoms with Gasteiger partial charge in [0.05, 0.1) is 6.10 Å². The predicted octanol–water partition coefficient (Wildman–Crippen LogP) is 0.757. The normalized spacial score (nSPS) is 13.7. The Bertz CT molecular complexity index is 56.9. The summed E-state index contributed by atoms with van der Waals surface area (Å²) < 4.78 is 0. The fourth-order valence-electron chi connectivity index (χ4n) is 0.746. The molecular formula is C7H17NO. The van der Waals surface area contributed by atoms with E-state index in [4.69, 9.17) is 5.11 Å². The first-order chi connectivity index (χ1) is 4.31. The van der Waals surface area contributed by atoms with Crippen LogP contribution in [0.15, 0.2) is 0 Å². The highest BCUT2D eigenvalue weighted by atomic mass is 16.3. The Hall–Kier alpha value is -0.0800. The van der Waals surface area contributed by atoms with Crippen molar-refractivity contribution >= 4 is 0 Å². The van der Waals surface area contributed by atoms with E-state index < -0.39 is 0 Å². The Labute approximate surface area is 57.3 Å². The van der Waals surface area contributed by atoms with Crippen molar-refractivity contribution in [3.63, 3.8) is 0 Å². The van der Waals surface area contributed by atoms with Crippen LogP contribution in [0.3, 0.4) is 0 Å². The van der Waals surface area contributed by atoms with Gasteiger partial charge in [0.15, 0.2) is 0 Å². The minimum atomic E-state index is -0.144. The quantitative estimate of drug-likeness (QED) is 0.577. The molecule has 0 heterocycles. The van der Waals surface area contributed by atoms with Crippen molar-refractivity contribution in [2.45, 2.75) is 32.8 Å². The van der Waals surface area contributed by atoms with E-state index in [1.165, 1.54) is 0 Å². The van der Waals surface area contributed by atoms with E-state index >= 15 is 0 Å². The molecule has 1 unspecified atom stereocenters. The van der Waals surface area contributed by atoms with Crippen LogP contribution in [-0.4, -0.2) is 24.3 Å². The number of hydrogen-bond acceptors (Lipinski definition) is 2. The van der Waals surface area contributed by atoms with Gasteiger partial charge in [-0.3, -0.25) is 0 Å². The number of rotatable bonds is 5. The van der Waals surface area contributed by atoms with Crippen molar-refractivity contribution in [3.05, 3.63) is 0 Å². The highest BCUT2D eigenvalue weighted by Gasteiger charge is 1.98. The number of aliphatic hydroxyl groups is 1. The lowest BCUT2D eigenvalue weighted by atomic mass is 10.2. The molecule has 9 heavy (non-hydrogen) atoms. The first kappa shape index (κ1) is 8.92. The summed E-state index contributed by atoms with van der Waals surface area (Å²) in [6.07, 6.45) is 1.83. The Morgan fingerprint density at radius 3 is 2.56 bits per heavy atom. The molecule has 0 rings (SSSR count). The van der Waals surface area contributed by atoms with Gasteiger partial charge in [0.2, 0.25) is 0 Å². The minimum absolute atomic E-state index is 0.144. The summed E-state index contributed by atoms with van der Waals surface area (Å²) >= 11 is 0. The topological polar surface area (TPSA) is 32.3 Å². The summed E-state index contributed by atoms with van der Waals surface area (Å²) in [5.41, 5.74) is 0. The van der Waals surface area contributed by atoms with Crippen molar-refractivity contribution in [2.75, 3.05) is 13.1 Å². The van der Waals surface area contributed by atoms with E-state index in [1.807, 2.05) is 6.92 Å². The fraction of sp³-hybridized carbons (Fsp3) is 1.00. The molecule has 0 fully saturated rings. The van der Waals surface area contributed by atoms with Gasteiger partial charge in [-0.2, -0.15) is 0 Å². The molecule has 56 valence electrons. The molecule has 0 aromatic rings. The molecule has 0 aliphatic carbocycles. The number of aliphatic hydroxyl groups excluding tert-OH is 1. The van der Waals surface area contributed by atoms with E-state index in [2.05, 4.69) is 12.2 Å². The van der Waals surface area contributed by atoms with Crippen LogP contribution in [0.4, 0.5) is 0 Å². The molecule has 2 nitrogen and oxygen atoms in total. The minimum Gasteiger partial charge on any atom is -0.392 e. The third kappa shape index (κ3) is 5.80. The Balaban J connectivity index is 2.95. The Morgan fingerprint density at radius 1 is 1.44 bits per heavy atom. The summed E-state index contributed by atoms with van der Waals surface area (Å²) in [5.74, 6) is 0. The second kappa shape index (κ2) is 6.05. The van der Waals surface area contributed by atoms with E-state index in [0.29, 0.717) is 0 Å². The van der Waals surface area contributed by atoms with Gasteiger partial charge < -0.3 is 10.4 Å². The van der Waals surface area contributed by atoms with Crippen LogP contribution in [0.5, 0.6) is 0 Å². The highest BCUT2D eigenvalue weighted by molar-refractivity contribution is 4.56. The van der Waals surface area contributed by atoms with Gasteiger partial charge >= 0.3 is 0 Å². The lowest BCUT2D eigenvalue weighted by molar-refractivity contribution is 0.161. The zero-order valence-corrected chi connectivity index (χ0v) is 6.35. The average Bonchev–Trinajstić information content (AvgIpc) is 1.85. The molecule has 1 atom stereocenters. The third-order valence-corrected chi connectivity index (χ3v) is 1.25. The molecule has 0 bridgehead atoms. The summed E-state index contributed by atoms with van der Waals surface area (Å²) in [5, 5.41) is 12.2. The maximum atomic E-state index is 9.12. The van der Waals surface area contributed by atoms with Crippen molar-refractivity contribution < 1.29 is 5.11 Å². The first-order valence-corrected chi connectivity index (χ1v) is 3.70. The standard InChI is InChI=1S/C7H17NO/c1-3-5-7(9)6-8-4-2/h7-9H,3-6H2,1-2H3. The number of nitrogens with one attached hydrogen (secondary N) is 1. The van der Waals surface area contributed by atoms with Gasteiger partial charge in [0, 0.05) is 6.54 Å². The molecule has 0 amide bonds. The molecule has 0 spiro atoms. The summed E-state index contributed by atoms with van der Waals surface area (Å²) in [7, 11) is 0. The maximum absolute atomic E-state index is 9.12. The van der Waals surface area contributed by atoms with Gasteiger partial charge in [0.25, 0.3) is 0 Å². The summed E-state index contributed by atoms with van der Waals surface area (Å²) in [4.78, 5) is 0. The van der Waals surface area contributed by atoms with E-state index in [-0.39, 0.29) is 6.10 Å². The van der Waals surface area contributed by atoms with Gasteiger partial charge in [-0.25, -0.2) is 0 Å². The van der Waals surface area contributed by atoms with Gasteiger partial charge in [-0.1, -0.05) is 20.3 Å². The maximum Gasteiger partial charge on any atom is 0.0664 e. The van der Waals surface area contributed by atoms with Gasteiger partial charge in [-0.05, 0) is 13.0 Å². The van der Waals surface area contributed by atoms with E-state index in [9.17, 15) is 0 Å². The second-order valence-electron chi connectivity index (χ2n) is 2.25. The van der Waals surface area contributed by atoms with E-state index in [1.54, 1.807) is 0 Å². The molecule has 2 heteroatoms. The molecule has 0 aliphatic heterocycles. The predicted molar refractivity (Wildman–Crippen MR) is 39.5 cm³/mol. The molecule has 0 aromatic heterocycles. The van der Waals surface area contributed by atoms with Crippen LogP contribution in [0, 0.1) is 0 Å². The molecule has 0 saturated heterocycles.